The molecule has 7 nitrogen and oxygen atoms in total. The first-order chi connectivity index (χ1) is 9.99. The summed E-state index contributed by atoms with van der Waals surface area (Å²) in [5.41, 5.74) is 0.148. The van der Waals surface area contributed by atoms with Crippen LogP contribution in [0.1, 0.15) is 24.3 Å². The third kappa shape index (κ3) is 3.44. The molecule has 0 aromatic carbocycles. The van der Waals surface area contributed by atoms with Gasteiger partial charge in [0, 0.05) is 12.4 Å². The lowest BCUT2D eigenvalue weighted by Crippen LogP contribution is -2.44. The van der Waals surface area contributed by atoms with E-state index < -0.39 is 17.9 Å². The highest BCUT2D eigenvalue weighted by molar-refractivity contribution is 5.95. The van der Waals surface area contributed by atoms with Gasteiger partial charge in [0.2, 0.25) is 0 Å². The van der Waals surface area contributed by atoms with Crippen LogP contribution in [0.2, 0.25) is 0 Å². The van der Waals surface area contributed by atoms with Crippen molar-refractivity contribution in [2.24, 2.45) is 5.92 Å². The molecule has 2 heterocycles. The first-order valence-corrected chi connectivity index (χ1v) is 6.50. The van der Waals surface area contributed by atoms with Crippen LogP contribution in [0.25, 0.3) is 5.82 Å². The number of carboxylic acids is 1. The summed E-state index contributed by atoms with van der Waals surface area (Å²) in [4.78, 5) is 27.4. The van der Waals surface area contributed by atoms with E-state index in [0.717, 1.165) is 0 Å². The van der Waals surface area contributed by atoms with Gasteiger partial charge in [0.1, 0.15) is 11.7 Å². The third-order valence-corrected chi connectivity index (χ3v) is 2.93. The van der Waals surface area contributed by atoms with Gasteiger partial charge < -0.3 is 10.4 Å². The minimum atomic E-state index is -1.07. The lowest BCUT2D eigenvalue weighted by molar-refractivity contribution is -0.140. The normalized spacial score (nSPS) is 12.1. The van der Waals surface area contributed by atoms with E-state index in [4.69, 9.17) is 5.11 Å². The molecule has 0 spiro atoms. The summed E-state index contributed by atoms with van der Waals surface area (Å²) in [5.74, 6) is -1.32. The zero-order chi connectivity index (χ0) is 15.4. The highest BCUT2D eigenvalue weighted by atomic mass is 16.4. The number of hydrogen-bond acceptors (Lipinski definition) is 4. The highest BCUT2D eigenvalue weighted by Gasteiger charge is 2.24. The minimum Gasteiger partial charge on any atom is -0.480 e. The molecule has 0 aliphatic carbocycles. The zero-order valence-electron chi connectivity index (χ0n) is 11.7. The van der Waals surface area contributed by atoms with Crippen molar-refractivity contribution in [3.05, 3.63) is 42.4 Å². The molecule has 1 amide bonds. The van der Waals surface area contributed by atoms with E-state index >= 15 is 0 Å². The summed E-state index contributed by atoms with van der Waals surface area (Å²) in [7, 11) is 0. The molecule has 0 bridgehead atoms. The highest BCUT2D eigenvalue weighted by Crippen LogP contribution is 2.07. The fourth-order valence-electron chi connectivity index (χ4n) is 1.81. The Balaban J connectivity index is 2.20. The van der Waals surface area contributed by atoms with Gasteiger partial charge in [-0.2, -0.15) is 5.10 Å². The molecule has 0 aliphatic rings. The molecule has 0 aliphatic heterocycles. The van der Waals surface area contributed by atoms with Gasteiger partial charge in [-0.05, 0) is 24.1 Å². The maximum Gasteiger partial charge on any atom is 0.326 e. The number of rotatable bonds is 5. The smallest absolute Gasteiger partial charge is 0.326 e. The van der Waals surface area contributed by atoms with Crippen molar-refractivity contribution in [3.63, 3.8) is 0 Å². The number of amides is 1. The van der Waals surface area contributed by atoms with Crippen LogP contribution in [0.5, 0.6) is 0 Å². The quantitative estimate of drug-likeness (QED) is 0.859. The van der Waals surface area contributed by atoms with E-state index in [1.165, 1.54) is 10.7 Å². The summed E-state index contributed by atoms with van der Waals surface area (Å²) in [6.45, 7) is 3.46. The van der Waals surface area contributed by atoms with Crippen LogP contribution in [0.3, 0.4) is 0 Å². The number of nitrogens with zero attached hydrogens (tertiary/aromatic N) is 3. The van der Waals surface area contributed by atoms with Gasteiger partial charge in [-0.25, -0.2) is 14.5 Å². The van der Waals surface area contributed by atoms with Crippen molar-refractivity contribution in [2.75, 3.05) is 0 Å². The molecule has 2 aromatic heterocycles. The molecule has 0 unspecified atom stereocenters. The Labute approximate surface area is 121 Å². The Bertz CT molecular complexity index is 637. The van der Waals surface area contributed by atoms with Crippen molar-refractivity contribution in [2.45, 2.75) is 19.9 Å². The van der Waals surface area contributed by atoms with Gasteiger partial charge in [0.25, 0.3) is 5.91 Å². The average molecular weight is 288 g/mol. The predicted octanol–water partition coefficient (Wildman–Crippen LogP) is 1.11. The summed E-state index contributed by atoms with van der Waals surface area (Å²) in [5, 5.41) is 15.6. The molecule has 2 rings (SSSR count). The maximum atomic E-state index is 12.1. The van der Waals surface area contributed by atoms with Crippen molar-refractivity contribution >= 4 is 11.9 Å². The van der Waals surface area contributed by atoms with Crippen LogP contribution < -0.4 is 5.32 Å². The Kier molecular flexibility index (Phi) is 4.32. The van der Waals surface area contributed by atoms with Gasteiger partial charge in [-0.1, -0.05) is 19.9 Å². The van der Waals surface area contributed by atoms with Crippen molar-refractivity contribution in [1.29, 1.82) is 0 Å². The van der Waals surface area contributed by atoms with Gasteiger partial charge in [0.15, 0.2) is 5.82 Å². The summed E-state index contributed by atoms with van der Waals surface area (Å²) in [6.07, 6.45) is 3.31. The summed E-state index contributed by atoms with van der Waals surface area (Å²) in [6, 6.07) is 5.70. The lowest BCUT2D eigenvalue weighted by Gasteiger charge is -2.17. The van der Waals surface area contributed by atoms with E-state index in [0.29, 0.717) is 5.82 Å². The molecule has 7 heteroatoms. The topological polar surface area (TPSA) is 97.1 Å². The minimum absolute atomic E-state index is 0.148. The van der Waals surface area contributed by atoms with Gasteiger partial charge in [-0.15, -0.1) is 0 Å². The summed E-state index contributed by atoms with van der Waals surface area (Å²) < 4.78 is 1.52. The number of carboxylic acid groups (broad SMARTS) is 1. The second-order valence-corrected chi connectivity index (χ2v) is 4.87. The van der Waals surface area contributed by atoms with Gasteiger partial charge >= 0.3 is 5.97 Å². The molecule has 110 valence electrons. The number of hydrogen-bond donors (Lipinski definition) is 2. The molecule has 2 aromatic rings. The zero-order valence-corrected chi connectivity index (χ0v) is 11.7. The van der Waals surface area contributed by atoms with Gasteiger partial charge in [0.05, 0.1) is 0 Å². The molecule has 0 radical (unpaired) electrons. The van der Waals surface area contributed by atoms with Crippen LogP contribution in [-0.4, -0.2) is 37.8 Å². The number of carbonyl (C=O) groups excluding carboxylic acids is 1. The molecule has 0 saturated carbocycles. The van der Waals surface area contributed by atoms with Crippen molar-refractivity contribution in [1.82, 2.24) is 20.1 Å². The molecule has 1 atom stereocenters. The number of carbonyl (C=O) groups is 2. The van der Waals surface area contributed by atoms with E-state index in [2.05, 4.69) is 15.4 Å². The molecule has 0 saturated heterocycles. The summed E-state index contributed by atoms with van der Waals surface area (Å²) >= 11 is 0. The Morgan fingerprint density at radius 1 is 1.29 bits per heavy atom. The Hall–Kier alpha value is -2.70. The van der Waals surface area contributed by atoms with E-state index in [1.807, 2.05) is 0 Å². The number of aliphatic carboxylic acids is 1. The maximum absolute atomic E-state index is 12.1. The molecular formula is C14H16N4O3. The second-order valence-electron chi connectivity index (χ2n) is 4.87. The van der Waals surface area contributed by atoms with E-state index in [-0.39, 0.29) is 11.6 Å². The number of pyridine rings is 1. The van der Waals surface area contributed by atoms with Gasteiger partial charge in [-0.3, -0.25) is 4.79 Å². The van der Waals surface area contributed by atoms with Crippen LogP contribution in [-0.2, 0) is 4.79 Å². The largest absolute Gasteiger partial charge is 0.480 e. The fourth-order valence-corrected chi connectivity index (χ4v) is 1.81. The number of nitrogens with one attached hydrogen (secondary N) is 1. The fraction of sp³-hybridized carbons (Fsp3) is 0.286. The van der Waals surface area contributed by atoms with Crippen molar-refractivity contribution in [3.8, 4) is 5.82 Å². The van der Waals surface area contributed by atoms with E-state index in [1.54, 1.807) is 44.4 Å². The first kappa shape index (κ1) is 14.7. The first-order valence-electron chi connectivity index (χ1n) is 6.50. The lowest BCUT2D eigenvalue weighted by atomic mass is 10.0. The van der Waals surface area contributed by atoms with Crippen LogP contribution in [0, 0.1) is 5.92 Å². The number of aromatic nitrogens is 3. The standard InChI is InChI=1S/C14H16N4O3/c1-9(2)12(14(20)21)17-13(19)10-5-3-6-11(16-10)18-8-4-7-15-18/h3-9,12H,1-2H3,(H,17,19)(H,20,21)/t12-/m0/s1. The monoisotopic (exact) mass is 288 g/mol. The second kappa shape index (κ2) is 6.17. The molecule has 2 N–H and O–H groups in total. The average Bonchev–Trinajstić information content (AvgIpc) is 2.98. The third-order valence-electron chi connectivity index (χ3n) is 2.93. The van der Waals surface area contributed by atoms with Crippen LogP contribution in [0.4, 0.5) is 0 Å². The molecule has 0 fully saturated rings. The predicted molar refractivity (Wildman–Crippen MR) is 75.1 cm³/mol. The molecule has 21 heavy (non-hydrogen) atoms. The van der Waals surface area contributed by atoms with E-state index in [9.17, 15) is 9.59 Å². The van der Waals surface area contributed by atoms with Crippen molar-refractivity contribution < 1.29 is 14.7 Å². The Morgan fingerprint density at radius 3 is 2.62 bits per heavy atom. The van der Waals surface area contributed by atoms with Crippen LogP contribution in [0.15, 0.2) is 36.7 Å². The Morgan fingerprint density at radius 2 is 2.05 bits per heavy atom. The SMILES string of the molecule is CC(C)[C@H](NC(=O)c1cccc(-n2cccn2)n1)C(=O)O. The van der Waals surface area contributed by atoms with Crippen LogP contribution >= 0.6 is 0 Å². The molecular weight excluding hydrogens is 272 g/mol.